The highest BCUT2D eigenvalue weighted by Crippen LogP contribution is 2.40. The van der Waals surface area contributed by atoms with Crippen LogP contribution < -0.4 is 21.9 Å². The number of nitrogens with two attached hydrogens (primary N) is 1. The number of amides is 1. The third-order valence-corrected chi connectivity index (χ3v) is 6.79. The van der Waals surface area contributed by atoms with Gasteiger partial charge in [0.2, 0.25) is 5.91 Å². The molecular formula is C24H31N7O3S. The van der Waals surface area contributed by atoms with Crippen LogP contribution in [0.1, 0.15) is 63.4 Å². The van der Waals surface area contributed by atoms with E-state index in [-0.39, 0.29) is 35.6 Å². The lowest BCUT2D eigenvalue weighted by molar-refractivity contribution is -0.116. The van der Waals surface area contributed by atoms with Crippen LogP contribution in [0, 0.1) is 0 Å². The Morgan fingerprint density at radius 1 is 1.23 bits per heavy atom. The van der Waals surface area contributed by atoms with Crippen molar-refractivity contribution in [3.05, 3.63) is 62.6 Å². The second-order valence-electron chi connectivity index (χ2n) is 9.00. The van der Waals surface area contributed by atoms with Crippen LogP contribution in [0.2, 0.25) is 0 Å². The van der Waals surface area contributed by atoms with E-state index in [1.807, 2.05) is 37.3 Å². The zero-order chi connectivity index (χ0) is 25.1. The summed E-state index contributed by atoms with van der Waals surface area (Å²) in [5, 5.41) is 9.37. The summed E-state index contributed by atoms with van der Waals surface area (Å²) < 4.78 is 3.42. The Balaban J connectivity index is 1.61. The highest BCUT2D eigenvalue weighted by atomic mass is 32.2. The summed E-state index contributed by atoms with van der Waals surface area (Å²) in [7, 11) is 0. The molecule has 186 valence electrons. The number of carbonyl (C=O) groups excluding carboxylic acids is 1. The number of rotatable bonds is 10. The first-order valence-electron chi connectivity index (χ1n) is 11.9. The van der Waals surface area contributed by atoms with Gasteiger partial charge in [-0.1, -0.05) is 62.9 Å². The average molecular weight is 498 g/mol. The fourth-order valence-corrected chi connectivity index (χ4v) is 4.90. The van der Waals surface area contributed by atoms with Crippen molar-refractivity contribution in [2.24, 2.45) is 0 Å². The van der Waals surface area contributed by atoms with E-state index >= 15 is 0 Å². The minimum Gasteiger partial charge on any atom is -0.383 e. The molecule has 3 N–H and O–H groups in total. The minimum absolute atomic E-state index is 0.000453. The maximum atomic E-state index is 13.4. The van der Waals surface area contributed by atoms with E-state index < -0.39 is 11.2 Å². The summed E-state index contributed by atoms with van der Waals surface area (Å²) in [6, 6.07) is 9.71. The van der Waals surface area contributed by atoms with Gasteiger partial charge in [0.15, 0.2) is 10.8 Å². The average Bonchev–Trinajstić information content (AvgIpc) is 3.58. The Bertz CT molecular complexity index is 1310. The molecule has 1 fully saturated rings. The lowest BCUT2D eigenvalue weighted by Crippen LogP contribution is -2.42. The molecule has 4 rings (SSSR count). The van der Waals surface area contributed by atoms with E-state index in [9.17, 15) is 14.4 Å². The molecule has 0 unspecified atom stereocenters. The Kier molecular flexibility index (Phi) is 7.44. The third kappa shape index (κ3) is 5.34. The number of nitrogens with zero attached hydrogens (tertiary/aromatic N) is 5. The topological polar surface area (TPSA) is 132 Å². The Morgan fingerprint density at radius 2 is 1.94 bits per heavy atom. The first-order valence-corrected chi connectivity index (χ1v) is 12.8. The van der Waals surface area contributed by atoms with Crippen molar-refractivity contribution in [3.63, 3.8) is 0 Å². The summed E-state index contributed by atoms with van der Waals surface area (Å²) in [5.41, 5.74) is 5.90. The van der Waals surface area contributed by atoms with Gasteiger partial charge in [-0.15, -0.1) is 10.2 Å². The number of carbonyl (C=O) groups is 1. The van der Waals surface area contributed by atoms with Crippen molar-refractivity contribution < 1.29 is 4.79 Å². The molecule has 35 heavy (non-hydrogen) atoms. The van der Waals surface area contributed by atoms with Gasteiger partial charge in [0.1, 0.15) is 11.6 Å². The molecule has 1 saturated carbocycles. The molecule has 0 saturated heterocycles. The number of nitrogens with one attached hydrogen (secondary N) is 1. The SMILES string of the molecule is CCCN(C(=O)CSc1nnc(C(C)C)n1C1CC1)c1c(N)n(Cc2ccccc2)c(=O)[nH]c1=O. The fourth-order valence-electron chi connectivity index (χ4n) is 4.01. The van der Waals surface area contributed by atoms with Crippen molar-refractivity contribution in [1.82, 2.24) is 24.3 Å². The number of benzene rings is 1. The Hall–Kier alpha value is -3.34. The van der Waals surface area contributed by atoms with E-state index in [1.54, 1.807) is 0 Å². The molecule has 11 heteroatoms. The largest absolute Gasteiger partial charge is 0.383 e. The number of hydrogen-bond acceptors (Lipinski definition) is 7. The van der Waals surface area contributed by atoms with Gasteiger partial charge < -0.3 is 15.2 Å². The molecule has 3 aromatic rings. The van der Waals surface area contributed by atoms with E-state index in [2.05, 4.69) is 33.6 Å². The van der Waals surface area contributed by atoms with Crippen molar-refractivity contribution in [1.29, 1.82) is 0 Å². The van der Waals surface area contributed by atoms with E-state index in [0.717, 1.165) is 24.2 Å². The van der Waals surface area contributed by atoms with Crippen LogP contribution in [0.5, 0.6) is 0 Å². The molecule has 1 amide bonds. The standard InChI is InChI=1S/C24H31N7O3S/c1-4-12-29(18(32)14-35-24-28-27-21(15(2)3)31(24)17-10-11-17)19-20(25)30(23(34)26-22(19)33)13-16-8-6-5-7-9-16/h5-9,15,17H,4,10-14,25H2,1-3H3,(H,26,33,34). The normalized spacial score (nSPS) is 13.4. The van der Waals surface area contributed by atoms with Crippen LogP contribution in [0.15, 0.2) is 45.1 Å². The minimum atomic E-state index is -0.674. The zero-order valence-electron chi connectivity index (χ0n) is 20.2. The molecular weight excluding hydrogens is 466 g/mol. The molecule has 1 aliphatic rings. The number of anilines is 2. The molecule has 2 aromatic heterocycles. The van der Waals surface area contributed by atoms with Crippen molar-refractivity contribution >= 4 is 29.2 Å². The van der Waals surface area contributed by atoms with Gasteiger partial charge in [0.05, 0.1) is 12.3 Å². The molecule has 0 spiro atoms. The van der Waals surface area contributed by atoms with Crippen LogP contribution in [0.25, 0.3) is 0 Å². The van der Waals surface area contributed by atoms with Crippen LogP contribution in [0.3, 0.4) is 0 Å². The summed E-state index contributed by atoms with van der Waals surface area (Å²) in [6.45, 7) is 6.54. The van der Waals surface area contributed by atoms with Crippen molar-refractivity contribution in [2.75, 3.05) is 22.9 Å². The number of H-pyrrole nitrogens is 1. The molecule has 10 nitrogen and oxygen atoms in total. The van der Waals surface area contributed by atoms with Gasteiger partial charge in [0, 0.05) is 18.5 Å². The summed E-state index contributed by atoms with van der Waals surface area (Å²) >= 11 is 1.31. The number of aromatic nitrogens is 5. The van der Waals surface area contributed by atoms with Crippen molar-refractivity contribution in [2.45, 2.75) is 63.7 Å². The molecule has 2 heterocycles. The molecule has 0 aliphatic heterocycles. The highest BCUT2D eigenvalue weighted by Gasteiger charge is 2.31. The van der Waals surface area contributed by atoms with E-state index in [1.165, 1.54) is 21.2 Å². The number of hydrogen-bond donors (Lipinski definition) is 2. The Labute approximate surface area is 207 Å². The lowest BCUT2D eigenvalue weighted by atomic mass is 10.2. The fraction of sp³-hybridized carbons (Fsp3) is 0.458. The highest BCUT2D eigenvalue weighted by molar-refractivity contribution is 7.99. The smallest absolute Gasteiger partial charge is 0.330 e. The maximum absolute atomic E-state index is 13.4. The second-order valence-corrected chi connectivity index (χ2v) is 9.94. The zero-order valence-corrected chi connectivity index (χ0v) is 21.0. The van der Waals surface area contributed by atoms with Gasteiger partial charge in [-0.3, -0.25) is 19.1 Å². The summed E-state index contributed by atoms with van der Waals surface area (Å²) in [6.07, 6.45) is 2.77. The van der Waals surface area contributed by atoms with Crippen LogP contribution in [-0.4, -0.2) is 42.5 Å². The monoisotopic (exact) mass is 497 g/mol. The quantitative estimate of drug-likeness (QED) is 0.412. The number of aromatic amines is 1. The number of nitrogen functional groups attached to an aromatic ring is 1. The van der Waals surface area contributed by atoms with E-state index in [0.29, 0.717) is 24.2 Å². The van der Waals surface area contributed by atoms with Gasteiger partial charge in [-0.25, -0.2) is 4.79 Å². The van der Waals surface area contributed by atoms with Gasteiger partial charge in [-0.05, 0) is 24.8 Å². The first-order chi connectivity index (χ1) is 16.8. The summed E-state index contributed by atoms with van der Waals surface area (Å²) in [5.74, 6) is 0.906. The van der Waals surface area contributed by atoms with Gasteiger partial charge in [0.25, 0.3) is 5.56 Å². The van der Waals surface area contributed by atoms with Crippen molar-refractivity contribution in [3.8, 4) is 0 Å². The van der Waals surface area contributed by atoms with E-state index in [4.69, 9.17) is 5.73 Å². The third-order valence-electron chi connectivity index (χ3n) is 5.86. The molecule has 0 radical (unpaired) electrons. The first kappa shape index (κ1) is 24.8. The van der Waals surface area contributed by atoms with Crippen LogP contribution >= 0.6 is 11.8 Å². The van der Waals surface area contributed by atoms with Gasteiger partial charge in [-0.2, -0.15) is 0 Å². The predicted octanol–water partition coefficient (Wildman–Crippen LogP) is 2.75. The molecule has 1 aliphatic carbocycles. The molecule has 0 bridgehead atoms. The molecule has 1 aromatic carbocycles. The second kappa shape index (κ2) is 10.5. The maximum Gasteiger partial charge on any atom is 0.330 e. The van der Waals surface area contributed by atoms with Gasteiger partial charge >= 0.3 is 5.69 Å². The number of thioether (sulfide) groups is 1. The Morgan fingerprint density at radius 3 is 2.57 bits per heavy atom. The van der Waals surface area contributed by atoms with Crippen LogP contribution in [0.4, 0.5) is 11.5 Å². The van der Waals surface area contributed by atoms with Crippen LogP contribution in [-0.2, 0) is 11.3 Å². The lowest BCUT2D eigenvalue weighted by Gasteiger charge is -2.24. The summed E-state index contributed by atoms with van der Waals surface area (Å²) in [4.78, 5) is 42.4. The molecule has 0 atom stereocenters. The predicted molar refractivity (Wildman–Crippen MR) is 137 cm³/mol.